The summed E-state index contributed by atoms with van der Waals surface area (Å²) >= 11 is 0. The van der Waals surface area contributed by atoms with Crippen LogP contribution in [0, 0.1) is 5.92 Å². The third-order valence-corrected chi connectivity index (χ3v) is 4.02. The first-order valence-corrected chi connectivity index (χ1v) is 7.59. The number of hydrogen-bond acceptors (Lipinski definition) is 2. The third-order valence-electron chi connectivity index (χ3n) is 4.02. The average Bonchev–Trinajstić information content (AvgIpc) is 3.00. The summed E-state index contributed by atoms with van der Waals surface area (Å²) < 4.78 is 2.32. The monoisotopic (exact) mass is 249 g/mol. The first-order chi connectivity index (χ1) is 8.85. The van der Waals surface area contributed by atoms with Crippen molar-refractivity contribution in [1.82, 2.24) is 14.9 Å². The summed E-state index contributed by atoms with van der Waals surface area (Å²) in [6.45, 7) is 6.52. The molecule has 1 aliphatic rings. The second-order valence-electron chi connectivity index (χ2n) is 5.48. The summed E-state index contributed by atoms with van der Waals surface area (Å²) in [5, 5.41) is 3.63. The maximum atomic E-state index is 4.60. The van der Waals surface area contributed by atoms with E-state index in [1.54, 1.807) is 0 Å². The molecule has 2 rings (SSSR count). The molecule has 3 nitrogen and oxygen atoms in total. The quantitative estimate of drug-likeness (QED) is 0.801. The molecule has 1 atom stereocenters. The Bertz CT molecular complexity index is 339. The molecule has 1 aromatic heterocycles. The molecule has 0 radical (unpaired) electrons. The molecule has 1 fully saturated rings. The number of nitrogens with one attached hydrogen (secondary N) is 1. The standard InChI is InChI=1S/C15H27N3/c1-3-10-18-11-9-17-15(18)14(16-4-2)12-13-7-5-6-8-13/h9,11,13-14,16H,3-8,10,12H2,1-2H3. The Balaban J connectivity index is 2.04. The Hall–Kier alpha value is -0.830. The van der Waals surface area contributed by atoms with Crippen molar-refractivity contribution in [3.05, 3.63) is 18.2 Å². The lowest BCUT2D eigenvalue weighted by Gasteiger charge is -2.22. The highest BCUT2D eigenvalue weighted by Gasteiger charge is 2.23. The Labute approximate surface area is 111 Å². The normalized spacial score (nSPS) is 18.3. The molecule has 0 saturated heterocycles. The van der Waals surface area contributed by atoms with Gasteiger partial charge in [-0.05, 0) is 25.3 Å². The second kappa shape index (κ2) is 6.93. The molecule has 0 spiro atoms. The Kier molecular flexibility index (Phi) is 5.24. The van der Waals surface area contributed by atoms with Crippen LogP contribution in [0.15, 0.2) is 12.4 Å². The van der Waals surface area contributed by atoms with Crippen LogP contribution in [0.5, 0.6) is 0 Å². The first-order valence-electron chi connectivity index (χ1n) is 7.59. The van der Waals surface area contributed by atoms with Gasteiger partial charge in [-0.3, -0.25) is 0 Å². The molecule has 0 aromatic carbocycles. The third kappa shape index (κ3) is 3.35. The SMILES string of the molecule is CCCn1ccnc1C(CC1CCCC1)NCC. The molecule has 1 N–H and O–H groups in total. The van der Waals surface area contributed by atoms with E-state index in [4.69, 9.17) is 0 Å². The highest BCUT2D eigenvalue weighted by molar-refractivity contribution is 5.00. The van der Waals surface area contributed by atoms with Crippen LogP contribution in [0.4, 0.5) is 0 Å². The first kappa shape index (κ1) is 13.6. The molecule has 1 unspecified atom stereocenters. The zero-order chi connectivity index (χ0) is 12.8. The van der Waals surface area contributed by atoms with Gasteiger partial charge >= 0.3 is 0 Å². The summed E-state index contributed by atoms with van der Waals surface area (Å²) in [6.07, 6.45) is 12.2. The molecule has 3 heteroatoms. The molecule has 0 amide bonds. The van der Waals surface area contributed by atoms with E-state index >= 15 is 0 Å². The van der Waals surface area contributed by atoms with Crippen molar-refractivity contribution < 1.29 is 0 Å². The van der Waals surface area contributed by atoms with Crippen LogP contribution < -0.4 is 5.32 Å². The van der Waals surface area contributed by atoms with E-state index < -0.39 is 0 Å². The van der Waals surface area contributed by atoms with Crippen molar-refractivity contribution in [3.8, 4) is 0 Å². The Morgan fingerprint density at radius 1 is 1.39 bits per heavy atom. The highest BCUT2D eigenvalue weighted by Crippen LogP contribution is 2.32. The number of nitrogens with zero attached hydrogens (tertiary/aromatic N) is 2. The number of rotatable bonds is 7. The number of imidazole rings is 1. The van der Waals surface area contributed by atoms with Crippen molar-refractivity contribution in [2.45, 2.75) is 65.0 Å². The Morgan fingerprint density at radius 3 is 2.83 bits per heavy atom. The van der Waals surface area contributed by atoms with Crippen LogP contribution in [0.3, 0.4) is 0 Å². The lowest BCUT2D eigenvalue weighted by atomic mass is 9.98. The van der Waals surface area contributed by atoms with E-state index in [0.717, 1.165) is 19.0 Å². The van der Waals surface area contributed by atoms with Crippen LogP contribution in [0.25, 0.3) is 0 Å². The highest BCUT2D eigenvalue weighted by atomic mass is 15.1. The number of hydrogen-bond donors (Lipinski definition) is 1. The fraction of sp³-hybridized carbons (Fsp3) is 0.800. The maximum Gasteiger partial charge on any atom is 0.125 e. The summed E-state index contributed by atoms with van der Waals surface area (Å²) in [7, 11) is 0. The smallest absolute Gasteiger partial charge is 0.125 e. The summed E-state index contributed by atoms with van der Waals surface area (Å²) in [6, 6.07) is 0.444. The molecule has 0 aliphatic heterocycles. The van der Waals surface area contributed by atoms with Crippen molar-refractivity contribution in [2.75, 3.05) is 6.54 Å². The predicted octanol–water partition coefficient (Wildman–Crippen LogP) is 3.52. The van der Waals surface area contributed by atoms with E-state index in [1.807, 2.05) is 6.20 Å². The fourth-order valence-corrected chi connectivity index (χ4v) is 3.17. The van der Waals surface area contributed by atoms with Gasteiger partial charge in [-0.2, -0.15) is 0 Å². The van der Waals surface area contributed by atoms with Crippen molar-refractivity contribution in [2.24, 2.45) is 5.92 Å². The second-order valence-corrected chi connectivity index (χ2v) is 5.48. The molecule has 102 valence electrons. The van der Waals surface area contributed by atoms with E-state index in [9.17, 15) is 0 Å². The molecular formula is C15H27N3. The van der Waals surface area contributed by atoms with Crippen molar-refractivity contribution in [1.29, 1.82) is 0 Å². The summed E-state index contributed by atoms with van der Waals surface area (Å²) in [4.78, 5) is 4.60. The summed E-state index contributed by atoms with van der Waals surface area (Å²) in [5.74, 6) is 2.14. The number of aryl methyl sites for hydroxylation is 1. The van der Waals surface area contributed by atoms with Gasteiger partial charge < -0.3 is 9.88 Å². The van der Waals surface area contributed by atoms with Crippen LogP contribution >= 0.6 is 0 Å². The molecule has 1 aliphatic carbocycles. The minimum atomic E-state index is 0.444. The topological polar surface area (TPSA) is 29.9 Å². The van der Waals surface area contributed by atoms with Gasteiger partial charge in [0, 0.05) is 18.9 Å². The lowest BCUT2D eigenvalue weighted by molar-refractivity contribution is 0.377. The van der Waals surface area contributed by atoms with Gasteiger partial charge in [0.1, 0.15) is 5.82 Å². The van der Waals surface area contributed by atoms with Crippen LogP contribution in [-0.2, 0) is 6.54 Å². The molecular weight excluding hydrogens is 222 g/mol. The Morgan fingerprint density at radius 2 is 2.17 bits per heavy atom. The molecule has 1 heterocycles. The van der Waals surface area contributed by atoms with Crippen LogP contribution in [-0.4, -0.2) is 16.1 Å². The van der Waals surface area contributed by atoms with Gasteiger partial charge in [-0.1, -0.05) is 39.5 Å². The summed E-state index contributed by atoms with van der Waals surface area (Å²) in [5.41, 5.74) is 0. The fourth-order valence-electron chi connectivity index (χ4n) is 3.17. The zero-order valence-electron chi connectivity index (χ0n) is 11.9. The van der Waals surface area contributed by atoms with E-state index in [0.29, 0.717) is 6.04 Å². The minimum Gasteiger partial charge on any atom is -0.334 e. The molecule has 1 saturated carbocycles. The maximum absolute atomic E-state index is 4.60. The van der Waals surface area contributed by atoms with Gasteiger partial charge in [0.05, 0.1) is 6.04 Å². The molecule has 1 aromatic rings. The van der Waals surface area contributed by atoms with Gasteiger partial charge in [0.25, 0.3) is 0 Å². The van der Waals surface area contributed by atoms with Crippen molar-refractivity contribution >= 4 is 0 Å². The van der Waals surface area contributed by atoms with Crippen LogP contribution in [0.2, 0.25) is 0 Å². The zero-order valence-corrected chi connectivity index (χ0v) is 11.9. The molecule has 18 heavy (non-hydrogen) atoms. The van der Waals surface area contributed by atoms with E-state index in [2.05, 4.69) is 34.9 Å². The van der Waals surface area contributed by atoms with E-state index in [-0.39, 0.29) is 0 Å². The van der Waals surface area contributed by atoms with E-state index in [1.165, 1.54) is 44.3 Å². The van der Waals surface area contributed by atoms with Gasteiger partial charge in [0.2, 0.25) is 0 Å². The van der Waals surface area contributed by atoms with Gasteiger partial charge in [-0.15, -0.1) is 0 Å². The number of aromatic nitrogens is 2. The predicted molar refractivity (Wildman–Crippen MR) is 75.5 cm³/mol. The van der Waals surface area contributed by atoms with Crippen LogP contribution in [0.1, 0.15) is 64.2 Å². The average molecular weight is 249 g/mol. The van der Waals surface area contributed by atoms with Gasteiger partial charge in [0.15, 0.2) is 0 Å². The molecule has 0 bridgehead atoms. The largest absolute Gasteiger partial charge is 0.334 e. The minimum absolute atomic E-state index is 0.444. The van der Waals surface area contributed by atoms with Crippen molar-refractivity contribution in [3.63, 3.8) is 0 Å². The lowest BCUT2D eigenvalue weighted by Crippen LogP contribution is -2.26. The van der Waals surface area contributed by atoms with Gasteiger partial charge in [-0.25, -0.2) is 4.98 Å².